The third-order valence-electron chi connectivity index (χ3n) is 2.86. The second-order valence-corrected chi connectivity index (χ2v) is 8.84. The van der Waals surface area contributed by atoms with Crippen LogP contribution in [0.15, 0.2) is 46.9 Å². The molecule has 0 spiro atoms. The minimum atomic E-state index is -3.43. The van der Waals surface area contributed by atoms with E-state index >= 15 is 0 Å². The van der Waals surface area contributed by atoms with Crippen LogP contribution in [0.3, 0.4) is 0 Å². The molecule has 1 heterocycles. The fourth-order valence-corrected chi connectivity index (χ4v) is 3.42. The van der Waals surface area contributed by atoms with Crippen molar-refractivity contribution in [3.63, 3.8) is 0 Å². The molecule has 1 aromatic heterocycles. The molecule has 22 heavy (non-hydrogen) atoms. The molecule has 0 aliphatic carbocycles. The zero-order valence-corrected chi connectivity index (χ0v) is 14.4. The number of pyridine rings is 1. The van der Waals surface area contributed by atoms with Gasteiger partial charge in [-0.1, -0.05) is 19.6 Å². The summed E-state index contributed by atoms with van der Waals surface area (Å²) in [6.45, 7) is 5.48. The minimum absolute atomic E-state index is 0.0896. The van der Waals surface area contributed by atoms with Crippen LogP contribution in [0.1, 0.15) is 12.6 Å². The number of allylic oxidation sites excluding steroid dienone is 2. The molecular formula is C14H19N3O3S2. The molecule has 0 fully saturated rings. The van der Waals surface area contributed by atoms with Crippen molar-refractivity contribution in [1.82, 2.24) is 4.98 Å². The zero-order valence-electron chi connectivity index (χ0n) is 12.7. The first kappa shape index (κ1) is 18.2. The molecule has 1 atom stereocenters. The Hall–Kier alpha value is -1.80. The van der Waals surface area contributed by atoms with E-state index in [1.165, 1.54) is 25.4 Å². The monoisotopic (exact) mass is 341 g/mol. The number of rotatable bonds is 5. The van der Waals surface area contributed by atoms with Crippen molar-refractivity contribution >= 4 is 30.2 Å². The SMILES string of the molecule is C=C(/C=C\C(=NC)S(C)(=O)=O)c1ncccc1S(=N)(=O)CC. The molecule has 1 rings (SSSR count). The highest BCUT2D eigenvalue weighted by Crippen LogP contribution is 2.22. The average molecular weight is 341 g/mol. The Bertz CT molecular complexity index is 836. The normalized spacial score (nSPS) is 15.7. The Balaban J connectivity index is 3.27. The highest BCUT2D eigenvalue weighted by molar-refractivity contribution is 8.06. The van der Waals surface area contributed by atoms with E-state index in [9.17, 15) is 12.6 Å². The van der Waals surface area contributed by atoms with Gasteiger partial charge in [0.15, 0.2) is 9.84 Å². The number of hydrogen-bond acceptors (Lipinski definition) is 6. The molecule has 6 nitrogen and oxygen atoms in total. The maximum absolute atomic E-state index is 12.3. The summed E-state index contributed by atoms with van der Waals surface area (Å²) < 4.78 is 43.1. The van der Waals surface area contributed by atoms with E-state index in [0.29, 0.717) is 16.2 Å². The zero-order chi connectivity index (χ0) is 17.0. The first-order chi connectivity index (χ1) is 10.1. The quantitative estimate of drug-likeness (QED) is 0.504. The smallest absolute Gasteiger partial charge is 0.192 e. The fraction of sp³-hybridized carbons (Fsp3) is 0.286. The van der Waals surface area contributed by atoms with Gasteiger partial charge in [-0.05, 0) is 23.8 Å². The van der Waals surface area contributed by atoms with Gasteiger partial charge in [0.1, 0.15) is 5.04 Å². The fourth-order valence-electron chi connectivity index (χ4n) is 1.67. The number of sulfone groups is 1. The van der Waals surface area contributed by atoms with Crippen LogP contribution in [0, 0.1) is 4.78 Å². The maximum atomic E-state index is 12.3. The van der Waals surface area contributed by atoms with Crippen LogP contribution >= 0.6 is 0 Å². The van der Waals surface area contributed by atoms with Crippen molar-refractivity contribution in [3.05, 3.63) is 42.8 Å². The van der Waals surface area contributed by atoms with Crippen molar-refractivity contribution < 1.29 is 12.6 Å². The predicted octanol–water partition coefficient (Wildman–Crippen LogP) is 2.15. The van der Waals surface area contributed by atoms with E-state index in [4.69, 9.17) is 4.78 Å². The van der Waals surface area contributed by atoms with Crippen LogP contribution in [-0.4, -0.2) is 41.7 Å². The van der Waals surface area contributed by atoms with Gasteiger partial charge in [-0.15, -0.1) is 0 Å². The number of nitrogens with one attached hydrogen (secondary N) is 1. The molecule has 120 valence electrons. The summed E-state index contributed by atoms with van der Waals surface area (Å²) in [6.07, 6.45) is 5.32. The molecule has 0 radical (unpaired) electrons. The molecule has 1 aromatic rings. The molecule has 0 bridgehead atoms. The lowest BCUT2D eigenvalue weighted by molar-refractivity contribution is 0.612. The third-order valence-corrected chi connectivity index (χ3v) is 5.80. The highest BCUT2D eigenvalue weighted by Gasteiger charge is 2.15. The summed E-state index contributed by atoms with van der Waals surface area (Å²) >= 11 is 0. The van der Waals surface area contributed by atoms with E-state index in [2.05, 4.69) is 16.6 Å². The minimum Gasteiger partial charge on any atom is -0.277 e. The molecule has 0 aliphatic rings. The molecule has 0 aliphatic heterocycles. The number of aromatic nitrogens is 1. The van der Waals surface area contributed by atoms with Gasteiger partial charge in [0.05, 0.1) is 20.3 Å². The summed E-state index contributed by atoms with van der Waals surface area (Å²) in [6, 6.07) is 3.18. The van der Waals surface area contributed by atoms with Crippen molar-refractivity contribution in [2.45, 2.75) is 11.8 Å². The van der Waals surface area contributed by atoms with Gasteiger partial charge in [0, 0.05) is 25.3 Å². The lowest BCUT2D eigenvalue weighted by atomic mass is 10.2. The van der Waals surface area contributed by atoms with Crippen molar-refractivity contribution in [3.8, 4) is 0 Å². The topological polar surface area (TPSA) is 100 Å². The Morgan fingerprint density at radius 3 is 2.55 bits per heavy atom. The van der Waals surface area contributed by atoms with Crippen LogP contribution in [0.2, 0.25) is 0 Å². The van der Waals surface area contributed by atoms with E-state index in [1.54, 1.807) is 19.1 Å². The van der Waals surface area contributed by atoms with Gasteiger partial charge in [0.25, 0.3) is 0 Å². The first-order valence-electron chi connectivity index (χ1n) is 6.39. The number of aliphatic imine (C=N–C) groups is 1. The van der Waals surface area contributed by atoms with E-state index in [0.717, 1.165) is 6.26 Å². The molecular weight excluding hydrogens is 322 g/mol. The van der Waals surface area contributed by atoms with Gasteiger partial charge >= 0.3 is 0 Å². The summed E-state index contributed by atoms with van der Waals surface area (Å²) in [7, 11) is -5.00. The number of hydrogen-bond donors (Lipinski definition) is 1. The van der Waals surface area contributed by atoms with E-state index < -0.39 is 19.6 Å². The van der Waals surface area contributed by atoms with Crippen LogP contribution < -0.4 is 0 Å². The molecule has 1 unspecified atom stereocenters. The average Bonchev–Trinajstić information content (AvgIpc) is 2.46. The lowest BCUT2D eigenvalue weighted by Gasteiger charge is -2.10. The summed E-state index contributed by atoms with van der Waals surface area (Å²) in [4.78, 5) is 8.11. The first-order valence-corrected chi connectivity index (χ1v) is 10.0. The third kappa shape index (κ3) is 4.35. The van der Waals surface area contributed by atoms with Crippen LogP contribution in [0.25, 0.3) is 5.57 Å². The van der Waals surface area contributed by atoms with Gasteiger partial charge < -0.3 is 0 Å². The Labute approximate surface area is 131 Å². The van der Waals surface area contributed by atoms with Crippen LogP contribution in [-0.2, 0) is 19.6 Å². The standard InChI is InChI=1S/C14H19N3O3S2/c1-5-22(15,20)12-7-6-10-17-14(12)11(2)8-9-13(16-3)21(4,18)19/h6-10,15H,2,5H2,1,3-4H3/b9-8-,16-13?. The van der Waals surface area contributed by atoms with Crippen LogP contribution in [0.4, 0.5) is 0 Å². The molecule has 0 aromatic carbocycles. The van der Waals surface area contributed by atoms with Crippen molar-refractivity contribution in [2.24, 2.45) is 4.99 Å². The molecule has 8 heteroatoms. The Morgan fingerprint density at radius 2 is 2.05 bits per heavy atom. The highest BCUT2D eigenvalue weighted by atomic mass is 32.2. The van der Waals surface area contributed by atoms with Gasteiger partial charge in [-0.3, -0.25) is 9.98 Å². The van der Waals surface area contributed by atoms with E-state index in [1.807, 2.05) is 0 Å². The second kappa shape index (κ2) is 6.97. The van der Waals surface area contributed by atoms with E-state index in [-0.39, 0.29) is 10.8 Å². The largest absolute Gasteiger partial charge is 0.277 e. The summed E-state index contributed by atoms with van der Waals surface area (Å²) in [5, 5.41) is -0.0896. The predicted molar refractivity (Wildman–Crippen MR) is 90.3 cm³/mol. The molecule has 0 saturated heterocycles. The Kier molecular flexibility index (Phi) is 5.78. The van der Waals surface area contributed by atoms with Gasteiger partial charge in [0.2, 0.25) is 0 Å². The Morgan fingerprint density at radius 1 is 1.41 bits per heavy atom. The molecule has 1 N–H and O–H groups in total. The number of nitrogens with zero attached hydrogens (tertiary/aromatic N) is 2. The maximum Gasteiger partial charge on any atom is 0.192 e. The van der Waals surface area contributed by atoms with Crippen LogP contribution in [0.5, 0.6) is 0 Å². The van der Waals surface area contributed by atoms with Gasteiger partial charge in [-0.25, -0.2) is 17.4 Å². The van der Waals surface area contributed by atoms with Crippen molar-refractivity contribution in [2.75, 3.05) is 19.1 Å². The summed E-state index contributed by atoms with van der Waals surface area (Å²) in [5.74, 6) is 0.160. The molecule has 0 saturated carbocycles. The lowest BCUT2D eigenvalue weighted by Crippen LogP contribution is -2.10. The summed E-state index contributed by atoms with van der Waals surface area (Å²) in [5.41, 5.74) is 0.693. The second-order valence-electron chi connectivity index (χ2n) is 4.51. The van der Waals surface area contributed by atoms with Gasteiger partial charge in [-0.2, -0.15) is 0 Å². The van der Waals surface area contributed by atoms with Crippen molar-refractivity contribution in [1.29, 1.82) is 4.78 Å². The molecule has 0 amide bonds.